The lowest BCUT2D eigenvalue weighted by Gasteiger charge is -2.31. The van der Waals surface area contributed by atoms with Crippen LogP contribution in [0.4, 0.5) is 10.1 Å². The standard InChI is InChI=1S/C19H19FN4O2/c1-13(14-8-10-15(20)11-9-14)23(2)19(26)18-21-12-17(25)24(22-18)16-6-4-3-5-7-16/h3-11,13H,12H2,1-2H3,(H,21,22)/t13-/m1/s1. The zero-order valence-electron chi connectivity index (χ0n) is 14.5. The largest absolute Gasteiger partial charge is 0.332 e. The predicted molar refractivity (Wildman–Crippen MR) is 97.0 cm³/mol. The first kappa shape index (κ1) is 17.6. The van der Waals surface area contributed by atoms with Crippen molar-refractivity contribution in [2.45, 2.75) is 13.0 Å². The first-order valence-electron chi connectivity index (χ1n) is 8.19. The molecular formula is C19H19FN4O2. The molecule has 1 N–H and O–H groups in total. The van der Waals surface area contributed by atoms with Crippen LogP contribution in [0.2, 0.25) is 0 Å². The lowest BCUT2D eigenvalue weighted by molar-refractivity contribution is -0.125. The van der Waals surface area contributed by atoms with Crippen LogP contribution in [-0.2, 0) is 9.59 Å². The van der Waals surface area contributed by atoms with Crippen molar-refractivity contribution in [2.75, 3.05) is 18.6 Å². The predicted octanol–water partition coefficient (Wildman–Crippen LogP) is 2.29. The number of halogens is 1. The molecule has 0 fully saturated rings. The molecule has 1 heterocycles. The molecule has 0 aromatic heterocycles. The van der Waals surface area contributed by atoms with Gasteiger partial charge in [0.05, 0.1) is 11.7 Å². The Balaban J connectivity index is 1.76. The van der Waals surface area contributed by atoms with Gasteiger partial charge in [0.1, 0.15) is 12.4 Å². The Morgan fingerprint density at radius 2 is 1.85 bits per heavy atom. The third kappa shape index (κ3) is 3.56. The van der Waals surface area contributed by atoms with Crippen molar-refractivity contribution in [1.29, 1.82) is 0 Å². The number of para-hydroxylation sites is 1. The molecule has 0 spiro atoms. The van der Waals surface area contributed by atoms with Crippen molar-refractivity contribution >= 4 is 23.3 Å². The molecule has 2 amide bonds. The van der Waals surface area contributed by atoms with Crippen LogP contribution in [0.25, 0.3) is 0 Å². The first-order valence-corrected chi connectivity index (χ1v) is 8.19. The second-order valence-corrected chi connectivity index (χ2v) is 5.98. The molecule has 134 valence electrons. The highest BCUT2D eigenvalue weighted by Gasteiger charge is 2.29. The Labute approximate surface area is 150 Å². The number of amidine groups is 1. The van der Waals surface area contributed by atoms with E-state index in [0.29, 0.717) is 5.69 Å². The number of carbonyl (C=O) groups is 2. The number of nitrogens with one attached hydrogen (secondary N) is 1. The molecule has 1 aliphatic heterocycles. The van der Waals surface area contributed by atoms with E-state index in [1.807, 2.05) is 13.0 Å². The molecule has 1 aliphatic rings. The molecule has 0 bridgehead atoms. The van der Waals surface area contributed by atoms with E-state index in [9.17, 15) is 14.0 Å². The second kappa shape index (κ2) is 7.35. The molecule has 26 heavy (non-hydrogen) atoms. The fourth-order valence-electron chi connectivity index (χ4n) is 2.63. The number of rotatable bonds is 4. The van der Waals surface area contributed by atoms with E-state index in [1.54, 1.807) is 43.4 Å². The maximum atomic E-state index is 13.1. The van der Waals surface area contributed by atoms with E-state index in [0.717, 1.165) is 5.56 Å². The highest BCUT2D eigenvalue weighted by atomic mass is 19.1. The Kier molecular flexibility index (Phi) is 4.97. The molecule has 0 saturated heterocycles. The van der Waals surface area contributed by atoms with Crippen LogP contribution in [0.1, 0.15) is 18.5 Å². The van der Waals surface area contributed by atoms with Crippen LogP contribution in [0.3, 0.4) is 0 Å². The minimum atomic E-state index is -0.352. The summed E-state index contributed by atoms with van der Waals surface area (Å²) in [7, 11) is 1.64. The summed E-state index contributed by atoms with van der Waals surface area (Å²) in [5.41, 5.74) is 4.23. The number of amides is 2. The van der Waals surface area contributed by atoms with Gasteiger partial charge in [-0.3, -0.25) is 20.0 Å². The zero-order chi connectivity index (χ0) is 18.7. The van der Waals surface area contributed by atoms with Crippen LogP contribution in [-0.4, -0.2) is 36.1 Å². The number of nitrogens with zero attached hydrogens (tertiary/aromatic N) is 3. The number of benzene rings is 2. The summed E-state index contributed by atoms with van der Waals surface area (Å²) in [4.78, 5) is 30.5. The minimum Gasteiger partial charge on any atom is -0.332 e. The summed E-state index contributed by atoms with van der Waals surface area (Å²) in [6, 6.07) is 14.7. The topological polar surface area (TPSA) is 65.0 Å². The van der Waals surface area contributed by atoms with E-state index in [-0.39, 0.29) is 36.1 Å². The summed E-state index contributed by atoms with van der Waals surface area (Å²) < 4.78 is 13.1. The molecular weight excluding hydrogens is 335 g/mol. The average Bonchev–Trinajstić information content (AvgIpc) is 2.68. The van der Waals surface area contributed by atoms with Crippen molar-refractivity contribution in [3.63, 3.8) is 0 Å². The van der Waals surface area contributed by atoms with Crippen molar-refractivity contribution in [3.05, 3.63) is 66.0 Å². The number of aliphatic imine (C=N–C) groups is 1. The molecule has 3 rings (SSSR count). The normalized spacial score (nSPS) is 15.1. The van der Waals surface area contributed by atoms with E-state index >= 15 is 0 Å². The fourth-order valence-corrected chi connectivity index (χ4v) is 2.63. The lowest BCUT2D eigenvalue weighted by atomic mass is 10.1. The molecule has 0 saturated carbocycles. The maximum absolute atomic E-state index is 13.1. The van der Waals surface area contributed by atoms with Gasteiger partial charge in [-0.05, 0) is 36.8 Å². The molecule has 2 aromatic rings. The molecule has 2 aromatic carbocycles. The molecule has 0 aliphatic carbocycles. The number of carbonyl (C=O) groups excluding carboxylic acids is 2. The molecule has 0 radical (unpaired) electrons. The van der Waals surface area contributed by atoms with Gasteiger partial charge < -0.3 is 4.90 Å². The third-order valence-corrected chi connectivity index (χ3v) is 4.31. The Morgan fingerprint density at radius 3 is 2.50 bits per heavy atom. The summed E-state index contributed by atoms with van der Waals surface area (Å²) in [6.07, 6.45) is 0. The number of anilines is 1. The Hall–Kier alpha value is -3.22. The van der Waals surface area contributed by atoms with Crippen molar-refractivity contribution in [3.8, 4) is 0 Å². The number of hydrogen-bond donors (Lipinski definition) is 1. The number of likely N-dealkylation sites (N-methyl/N-ethyl adjacent to an activating group) is 1. The molecule has 1 atom stereocenters. The van der Waals surface area contributed by atoms with Crippen molar-refractivity contribution < 1.29 is 14.0 Å². The van der Waals surface area contributed by atoms with Gasteiger partial charge in [-0.15, -0.1) is 0 Å². The second-order valence-electron chi connectivity index (χ2n) is 5.98. The van der Waals surface area contributed by atoms with Gasteiger partial charge in [-0.25, -0.2) is 9.40 Å². The van der Waals surface area contributed by atoms with Gasteiger partial charge >= 0.3 is 0 Å². The quantitative estimate of drug-likeness (QED) is 0.916. The Bertz CT molecular complexity index is 836. The van der Waals surface area contributed by atoms with E-state index in [4.69, 9.17) is 0 Å². The Morgan fingerprint density at radius 1 is 1.19 bits per heavy atom. The summed E-state index contributed by atoms with van der Waals surface area (Å²) in [5.74, 6) is -0.840. The highest BCUT2D eigenvalue weighted by molar-refractivity contribution is 6.39. The van der Waals surface area contributed by atoms with E-state index in [2.05, 4.69) is 10.4 Å². The van der Waals surface area contributed by atoms with Crippen LogP contribution in [0.5, 0.6) is 0 Å². The van der Waals surface area contributed by atoms with Crippen LogP contribution in [0, 0.1) is 5.82 Å². The number of hydrazine groups is 1. The van der Waals surface area contributed by atoms with Crippen LogP contribution < -0.4 is 10.4 Å². The van der Waals surface area contributed by atoms with Gasteiger partial charge in [0, 0.05) is 7.05 Å². The first-order chi connectivity index (χ1) is 12.5. The van der Waals surface area contributed by atoms with Gasteiger partial charge in [-0.1, -0.05) is 30.3 Å². The SMILES string of the molecule is C[C@H](c1ccc(F)cc1)N(C)C(=O)C1=NCC(=O)N(c2ccccc2)N1. The molecule has 0 unspecified atom stereocenters. The van der Waals surface area contributed by atoms with Crippen LogP contribution >= 0.6 is 0 Å². The fraction of sp³-hybridized carbons (Fsp3) is 0.211. The number of hydrogen-bond acceptors (Lipinski definition) is 4. The van der Waals surface area contributed by atoms with E-state index < -0.39 is 0 Å². The third-order valence-electron chi connectivity index (χ3n) is 4.31. The van der Waals surface area contributed by atoms with Gasteiger partial charge in [0.25, 0.3) is 11.8 Å². The van der Waals surface area contributed by atoms with Crippen molar-refractivity contribution in [1.82, 2.24) is 10.3 Å². The average molecular weight is 354 g/mol. The van der Waals surface area contributed by atoms with Gasteiger partial charge in [0.2, 0.25) is 5.84 Å². The summed E-state index contributed by atoms with van der Waals surface area (Å²) in [5, 5.41) is 1.32. The summed E-state index contributed by atoms with van der Waals surface area (Å²) in [6.45, 7) is 1.73. The highest BCUT2D eigenvalue weighted by Crippen LogP contribution is 2.20. The zero-order valence-corrected chi connectivity index (χ0v) is 14.5. The van der Waals surface area contributed by atoms with Crippen molar-refractivity contribution in [2.24, 2.45) is 4.99 Å². The van der Waals surface area contributed by atoms with E-state index in [1.165, 1.54) is 22.0 Å². The van der Waals surface area contributed by atoms with Gasteiger partial charge in [-0.2, -0.15) is 0 Å². The monoisotopic (exact) mass is 354 g/mol. The molecule has 7 heteroatoms. The smallest absolute Gasteiger partial charge is 0.290 e. The minimum absolute atomic E-state index is 0.0879. The molecule has 6 nitrogen and oxygen atoms in total. The van der Waals surface area contributed by atoms with Gasteiger partial charge in [0.15, 0.2) is 0 Å². The van der Waals surface area contributed by atoms with Crippen LogP contribution in [0.15, 0.2) is 59.6 Å². The lowest BCUT2D eigenvalue weighted by Crippen LogP contribution is -2.56. The maximum Gasteiger partial charge on any atom is 0.290 e. The summed E-state index contributed by atoms with van der Waals surface area (Å²) >= 11 is 0.